The molecule has 1 aromatic rings. The molecule has 1 heterocycles. The average Bonchev–Trinajstić information content (AvgIpc) is 2.46. The summed E-state index contributed by atoms with van der Waals surface area (Å²) in [5.74, 6) is -0.718. The Labute approximate surface area is 127 Å². The Kier molecular flexibility index (Phi) is 5.42. The smallest absolute Gasteiger partial charge is 0.366 e. The molecule has 22 heavy (non-hydrogen) atoms. The lowest BCUT2D eigenvalue weighted by atomic mass is 10.1. The lowest BCUT2D eigenvalue weighted by Gasteiger charge is -2.31. The summed E-state index contributed by atoms with van der Waals surface area (Å²) >= 11 is 0. The maximum absolute atomic E-state index is 13.1. The van der Waals surface area contributed by atoms with Crippen molar-refractivity contribution in [3.8, 4) is 0 Å². The molecule has 1 N–H and O–H groups in total. The molecule has 2 rings (SSSR count). The Morgan fingerprint density at radius 3 is 2.68 bits per heavy atom. The zero-order valence-corrected chi connectivity index (χ0v) is 12.3. The highest BCUT2D eigenvalue weighted by molar-refractivity contribution is 5.81. The quantitative estimate of drug-likeness (QED) is 0.917. The number of hydrogen-bond acceptors (Lipinski definition) is 3. The fraction of sp³-hybridized carbons (Fsp3) is 0.533. The number of ether oxygens (including phenoxy) is 1. The minimum absolute atomic E-state index is 0.293. The number of benzene rings is 1. The number of nitrogens with zero attached hydrogens (tertiary/aromatic N) is 1. The van der Waals surface area contributed by atoms with Crippen LogP contribution in [0.3, 0.4) is 0 Å². The van der Waals surface area contributed by atoms with Crippen LogP contribution in [0.25, 0.3) is 0 Å². The molecule has 4 nitrogen and oxygen atoms in total. The molecular formula is C15H19F3N2O2. The number of carbonyl (C=O) groups is 1. The van der Waals surface area contributed by atoms with Crippen LogP contribution in [0, 0.1) is 0 Å². The summed E-state index contributed by atoms with van der Waals surface area (Å²) in [4.78, 5) is 13.9. The van der Waals surface area contributed by atoms with Crippen molar-refractivity contribution in [3.63, 3.8) is 0 Å². The van der Waals surface area contributed by atoms with Crippen LogP contribution in [-0.2, 0) is 16.0 Å². The summed E-state index contributed by atoms with van der Waals surface area (Å²) in [7, 11) is 1.80. The summed E-state index contributed by atoms with van der Waals surface area (Å²) in [5, 5.41) is 2.08. The molecule has 0 aromatic heterocycles. The second kappa shape index (κ2) is 7.11. The molecule has 0 saturated carbocycles. The van der Waals surface area contributed by atoms with E-state index in [-0.39, 0.29) is 6.42 Å². The molecule has 122 valence electrons. The van der Waals surface area contributed by atoms with Gasteiger partial charge in [-0.05, 0) is 12.6 Å². The predicted octanol–water partition coefficient (Wildman–Crippen LogP) is 1.61. The third kappa shape index (κ3) is 4.71. The molecular weight excluding hydrogens is 297 g/mol. The Bertz CT molecular complexity index is 493. The second-order valence-electron chi connectivity index (χ2n) is 5.41. The summed E-state index contributed by atoms with van der Waals surface area (Å²) in [5.41, 5.74) is 0.520. The summed E-state index contributed by atoms with van der Waals surface area (Å²) < 4.78 is 44.7. The highest BCUT2D eigenvalue weighted by Gasteiger charge is 2.41. The number of halogens is 3. The number of morpholine rings is 1. The van der Waals surface area contributed by atoms with Crippen molar-refractivity contribution >= 4 is 5.91 Å². The minimum atomic E-state index is -4.51. The maximum atomic E-state index is 13.1. The predicted molar refractivity (Wildman–Crippen MR) is 75.4 cm³/mol. The zero-order valence-electron chi connectivity index (χ0n) is 12.3. The van der Waals surface area contributed by atoms with Crippen molar-refractivity contribution < 1.29 is 22.7 Å². The first-order valence-electron chi connectivity index (χ1n) is 7.07. The van der Waals surface area contributed by atoms with Gasteiger partial charge in [-0.3, -0.25) is 4.79 Å². The molecule has 0 aliphatic carbocycles. The molecule has 1 aromatic carbocycles. The van der Waals surface area contributed by atoms with Crippen molar-refractivity contribution in [1.29, 1.82) is 0 Å². The van der Waals surface area contributed by atoms with Gasteiger partial charge in [0, 0.05) is 19.5 Å². The molecule has 0 spiro atoms. The van der Waals surface area contributed by atoms with E-state index in [0.29, 0.717) is 25.3 Å². The van der Waals surface area contributed by atoms with Gasteiger partial charge in [0.25, 0.3) is 5.91 Å². The molecule has 1 fully saturated rings. The van der Waals surface area contributed by atoms with Crippen LogP contribution in [0.15, 0.2) is 30.3 Å². The van der Waals surface area contributed by atoms with Gasteiger partial charge in [-0.2, -0.15) is 13.2 Å². The van der Waals surface area contributed by atoms with E-state index in [2.05, 4.69) is 5.32 Å². The van der Waals surface area contributed by atoms with Crippen molar-refractivity contribution in [1.82, 2.24) is 10.2 Å². The Morgan fingerprint density at radius 1 is 1.41 bits per heavy atom. The largest absolute Gasteiger partial charge is 0.408 e. The van der Waals surface area contributed by atoms with E-state index in [0.717, 1.165) is 0 Å². The van der Waals surface area contributed by atoms with Gasteiger partial charge >= 0.3 is 6.18 Å². The maximum Gasteiger partial charge on any atom is 0.408 e. The lowest BCUT2D eigenvalue weighted by Crippen LogP contribution is -2.54. The first kappa shape index (κ1) is 16.8. The van der Waals surface area contributed by atoms with E-state index in [9.17, 15) is 18.0 Å². The van der Waals surface area contributed by atoms with E-state index in [4.69, 9.17) is 4.74 Å². The van der Waals surface area contributed by atoms with Gasteiger partial charge in [-0.25, -0.2) is 0 Å². The number of likely N-dealkylation sites (N-methyl/N-ethyl adjacent to an activating group) is 1. The van der Waals surface area contributed by atoms with Gasteiger partial charge in [0.15, 0.2) is 0 Å². The zero-order chi connectivity index (χ0) is 16.2. The number of rotatable bonds is 4. The molecule has 1 saturated heterocycles. The van der Waals surface area contributed by atoms with Gasteiger partial charge < -0.3 is 15.0 Å². The third-order valence-corrected chi connectivity index (χ3v) is 3.56. The molecule has 1 amide bonds. The van der Waals surface area contributed by atoms with Crippen LogP contribution in [0.1, 0.15) is 5.56 Å². The normalized spacial score (nSPS) is 21.4. The first-order valence-corrected chi connectivity index (χ1v) is 7.07. The Balaban J connectivity index is 2.02. The van der Waals surface area contributed by atoms with Gasteiger partial charge in [0.2, 0.25) is 0 Å². The van der Waals surface area contributed by atoms with Crippen LogP contribution in [-0.4, -0.2) is 55.9 Å². The molecule has 0 bridgehead atoms. The first-order chi connectivity index (χ1) is 10.4. The molecule has 1 aliphatic heterocycles. The Hall–Kier alpha value is -1.60. The molecule has 2 atom stereocenters. The molecule has 1 aliphatic rings. The fourth-order valence-electron chi connectivity index (χ4n) is 2.30. The SMILES string of the molecule is CN1CCO[C@H](C(=O)N[C@@H](Cc2ccccc2)C(F)(F)F)C1. The van der Waals surface area contributed by atoms with E-state index in [1.807, 2.05) is 4.90 Å². The number of alkyl halides is 3. The monoisotopic (exact) mass is 316 g/mol. The standard InChI is InChI=1S/C15H19F3N2O2/c1-20-7-8-22-12(10-20)14(21)19-13(15(16,17)18)9-11-5-3-2-4-6-11/h2-6,12-13H,7-10H2,1H3,(H,19,21)/t12-,13-/m0/s1. The van der Waals surface area contributed by atoms with Crippen molar-refractivity contribution in [3.05, 3.63) is 35.9 Å². The highest BCUT2D eigenvalue weighted by Crippen LogP contribution is 2.23. The summed E-state index contributed by atoms with van der Waals surface area (Å²) in [6, 6.07) is 6.37. The average molecular weight is 316 g/mol. The van der Waals surface area contributed by atoms with Crippen molar-refractivity contribution in [2.75, 3.05) is 26.7 Å². The van der Waals surface area contributed by atoms with Crippen LogP contribution in [0.4, 0.5) is 13.2 Å². The Morgan fingerprint density at radius 2 is 2.09 bits per heavy atom. The summed E-state index contributed by atoms with van der Waals surface area (Å²) in [6.07, 6.45) is -5.66. The van der Waals surface area contributed by atoms with Crippen LogP contribution in [0.2, 0.25) is 0 Å². The van der Waals surface area contributed by atoms with E-state index in [1.165, 1.54) is 0 Å². The van der Waals surface area contributed by atoms with Crippen LogP contribution >= 0.6 is 0 Å². The molecule has 0 radical (unpaired) electrons. The lowest BCUT2D eigenvalue weighted by molar-refractivity contribution is -0.166. The van der Waals surface area contributed by atoms with E-state index >= 15 is 0 Å². The number of hydrogen-bond donors (Lipinski definition) is 1. The van der Waals surface area contributed by atoms with Crippen LogP contribution in [0.5, 0.6) is 0 Å². The second-order valence-corrected chi connectivity index (χ2v) is 5.41. The van der Waals surface area contributed by atoms with Gasteiger partial charge in [0.05, 0.1) is 6.61 Å². The number of carbonyl (C=O) groups excluding carboxylic acids is 1. The van der Waals surface area contributed by atoms with Crippen molar-refractivity contribution in [2.24, 2.45) is 0 Å². The van der Waals surface area contributed by atoms with Gasteiger partial charge in [-0.1, -0.05) is 30.3 Å². The third-order valence-electron chi connectivity index (χ3n) is 3.56. The number of amides is 1. The topological polar surface area (TPSA) is 41.6 Å². The molecule has 0 unspecified atom stereocenters. The van der Waals surface area contributed by atoms with Crippen LogP contribution < -0.4 is 5.32 Å². The summed E-state index contributed by atoms with van der Waals surface area (Å²) in [6.45, 7) is 1.29. The van der Waals surface area contributed by atoms with E-state index in [1.54, 1.807) is 37.4 Å². The minimum Gasteiger partial charge on any atom is -0.366 e. The van der Waals surface area contributed by atoms with E-state index < -0.39 is 24.2 Å². The highest BCUT2D eigenvalue weighted by atomic mass is 19.4. The van der Waals surface area contributed by atoms with Gasteiger partial charge in [-0.15, -0.1) is 0 Å². The fourth-order valence-corrected chi connectivity index (χ4v) is 2.30. The molecule has 7 heteroatoms. The van der Waals surface area contributed by atoms with Gasteiger partial charge in [0.1, 0.15) is 12.1 Å². The number of nitrogens with one attached hydrogen (secondary N) is 1. The van der Waals surface area contributed by atoms with Crippen molar-refractivity contribution in [2.45, 2.75) is 24.7 Å².